The number of rotatable bonds is 3. The maximum absolute atomic E-state index is 12.9. The van der Waals surface area contributed by atoms with Gasteiger partial charge in [0, 0.05) is 6.54 Å². The number of alkyl halides is 3. The molecule has 0 aliphatic heterocycles. The van der Waals surface area contributed by atoms with Crippen LogP contribution in [0.15, 0.2) is 22.7 Å². The quantitative estimate of drug-likeness (QED) is 0.838. The Morgan fingerprint density at radius 2 is 1.94 bits per heavy atom. The Bertz CT molecular complexity index is 426. The Morgan fingerprint density at radius 1 is 1.29 bits per heavy atom. The van der Waals surface area contributed by atoms with Crippen molar-refractivity contribution in [2.24, 2.45) is 0 Å². The average Bonchev–Trinajstić information content (AvgIpc) is 3.00. The molecule has 1 aromatic carbocycles. The van der Waals surface area contributed by atoms with Gasteiger partial charge in [0.15, 0.2) is 0 Å². The lowest BCUT2D eigenvalue weighted by molar-refractivity contribution is -0.166. The highest BCUT2D eigenvalue weighted by Crippen LogP contribution is 2.49. The summed E-state index contributed by atoms with van der Waals surface area (Å²) in [5.41, 5.74) is -1.11. The van der Waals surface area contributed by atoms with Crippen LogP contribution >= 0.6 is 15.9 Å². The number of hydrogen-bond acceptors (Lipinski definition) is 1. The van der Waals surface area contributed by atoms with Crippen molar-refractivity contribution in [2.45, 2.75) is 31.1 Å². The Kier molecular flexibility index (Phi) is 3.20. The molecule has 0 amide bonds. The molecule has 1 saturated carbocycles. The number of nitrogens with one attached hydrogen (secondary N) is 1. The van der Waals surface area contributed by atoms with E-state index in [1.165, 1.54) is 18.2 Å². The molecule has 0 aromatic heterocycles. The second-order valence-electron chi connectivity index (χ2n) is 4.18. The Morgan fingerprint density at radius 3 is 2.41 bits per heavy atom. The minimum absolute atomic E-state index is 0.0817. The van der Waals surface area contributed by atoms with Gasteiger partial charge in [0.05, 0.1) is 4.47 Å². The average molecular weight is 312 g/mol. The topological polar surface area (TPSA) is 12.0 Å². The van der Waals surface area contributed by atoms with Crippen LogP contribution in [0.5, 0.6) is 0 Å². The van der Waals surface area contributed by atoms with Crippen LogP contribution in [0.2, 0.25) is 0 Å². The van der Waals surface area contributed by atoms with Gasteiger partial charge in [0.2, 0.25) is 0 Å². The van der Waals surface area contributed by atoms with Crippen molar-refractivity contribution in [1.82, 2.24) is 5.32 Å². The first kappa shape index (κ1) is 12.8. The lowest BCUT2D eigenvalue weighted by atomic mass is 10.2. The molecule has 0 atom stereocenters. The molecule has 0 heterocycles. The third-order valence-electron chi connectivity index (χ3n) is 2.91. The van der Waals surface area contributed by atoms with E-state index in [4.69, 9.17) is 0 Å². The van der Waals surface area contributed by atoms with Crippen molar-refractivity contribution in [3.8, 4) is 0 Å². The van der Waals surface area contributed by atoms with Gasteiger partial charge in [0.1, 0.15) is 11.4 Å². The molecule has 0 unspecified atom stereocenters. The van der Waals surface area contributed by atoms with Crippen LogP contribution < -0.4 is 5.32 Å². The molecule has 0 radical (unpaired) electrons. The zero-order chi connectivity index (χ0) is 12.7. The predicted octanol–water partition coefficient (Wildman–Crippen LogP) is 3.77. The summed E-state index contributed by atoms with van der Waals surface area (Å²) in [4.78, 5) is 0. The van der Waals surface area contributed by atoms with E-state index in [-0.39, 0.29) is 23.9 Å². The fourth-order valence-electron chi connectivity index (χ4n) is 1.61. The lowest BCUT2D eigenvalue weighted by Gasteiger charge is -2.20. The summed E-state index contributed by atoms with van der Waals surface area (Å²) in [6, 6.07) is 4.18. The molecule has 1 aromatic rings. The smallest absolute Gasteiger partial charge is 0.299 e. The molecule has 1 aliphatic carbocycles. The molecule has 6 heteroatoms. The van der Waals surface area contributed by atoms with Crippen LogP contribution in [-0.4, -0.2) is 11.7 Å². The molecule has 1 nitrogen and oxygen atoms in total. The number of hydrogen-bond donors (Lipinski definition) is 1. The minimum Gasteiger partial charge on any atom is -0.299 e. The highest BCUT2D eigenvalue weighted by Gasteiger charge is 2.62. The van der Waals surface area contributed by atoms with Crippen LogP contribution in [0.4, 0.5) is 17.6 Å². The van der Waals surface area contributed by atoms with Crippen molar-refractivity contribution in [2.75, 3.05) is 0 Å². The number of benzene rings is 1. The van der Waals surface area contributed by atoms with E-state index < -0.39 is 17.5 Å². The van der Waals surface area contributed by atoms with E-state index in [1.54, 1.807) is 0 Å². The molecule has 94 valence electrons. The molecule has 0 bridgehead atoms. The predicted molar refractivity (Wildman–Crippen MR) is 59.0 cm³/mol. The number of halogens is 5. The molecular formula is C11H10BrF4N. The monoisotopic (exact) mass is 311 g/mol. The molecule has 17 heavy (non-hydrogen) atoms. The van der Waals surface area contributed by atoms with E-state index in [1.807, 2.05) is 0 Å². The zero-order valence-electron chi connectivity index (χ0n) is 8.74. The molecule has 1 aliphatic rings. The van der Waals surface area contributed by atoms with E-state index >= 15 is 0 Å². The Labute approximate surface area is 104 Å². The summed E-state index contributed by atoms with van der Waals surface area (Å²) in [6.07, 6.45) is -4.00. The molecule has 1 fully saturated rings. The second-order valence-corrected chi connectivity index (χ2v) is 5.04. The van der Waals surface area contributed by atoms with Gasteiger partial charge in [-0.1, -0.05) is 6.07 Å². The van der Waals surface area contributed by atoms with Gasteiger partial charge in [-0.25, -0.2) is 4.39 Å². The highest BCUT2D eigenvalue weighted by molar-refractivity contribution is 9.10. The molecule has 1 N–H and O–H groups in total. The fourth-order valence-corrected chi connectivity index (χ4v) is 2.03. The zero-order valence-corrected chi connectivity index (χ0v) is 10.3. The van der Waals surface area contributed by atoms with Gasteiger partial charge >= 0.3 is 6.18 Å². The van der Waals surface area contributed by atoms with Crippen LogP contribution in [0.1, 0.15) is 18.4 Å². The summed E-state index contributed by atoms with van der Waals surface area (Å²) in [5.74, 6) is -0.425. The van der Waals surface area contributed by atoms with Crippen molar-refractivity contribution in [3.05, 3.63) is 34.1 Å². The lowest BCUT2D eigenvalue weighted by Crippen LogP contribution is -2.44. The molecule has 0 saturated heterocycles. The van der Waals surface area contributed by atoms with E-state index in [2.05, 4.69) is 21.2 Å². The summed E-state index contributed by atoms with van der Waals surface area (Å²) in [7, 11) is 0. The maximum Gasteiger partial charge on any atom is 0.406 e. The van der Waals surface area contributed by atoms with Crippen molar-refractivity contribution < 1.29 is 17.6 Å². The highest BCUT2D eigenvalue weighted by atomic mass is 79.9. The van der Waals surface area contributed by atoms with Gasteiger partial charge in [0.25, 0.3) is 0 Å². The van der Waals surface area contributed by atoms with Crippen LogP contribution in [-0.2, 0) is 6.54 Å². The molecule has 2 rings (SSSR count). The van der Waals surface area contributed by atoms with Crippen molar-refractivity contribution >= 4 is 15.9 Å². The Hall–Kier alpha value is -0.620. The summed E-state index contributed by atoms with van der Waals surface area (Å²) in [6.45, 7) is 0.0817. The summed E-state index contributed by atoms with van der Waals surface area (Å²) >= 11 is 3.00. The first-order valence-electron chi connectivity index (χ1n) is 5.10. The van der Waals surface area contributed by atoms with Gasteiger partial charge in [-0.3, -0.25) is 5.32 Å². The largest absolute Gasteiger partial charge is 0.406 e. The second kappa shape index (κ2) is 4.24. The first-order valence-corrected chi connectivity index (χ1v) is 5.89. The third kappa shape index (κ3) is 2.63. The van der Waals surface area contributed by atoms with Crippen LogP contribution in [0, 0.1) is 5.82 Å². The van der Waals surface area contributed by atoms with E-state index in [0.29, 0.717) is 5.56 Å². The summed E-state index contributed by atoms with van der Waals surface area (Å²) < 4.78 is 51.0. The standard InChI is InChI=1S/C11H10BrF4N/c12-8-5-7(1-2-9(8)13)6-17-10(3-4-10)11(14,15)16/h1-2,5,17H,3-4,6H2. The van der Waals surface area contributed by atoms with Gasteiger partial charge in [-0.15, -0.1) is 0 Å². The fraction of sp³-hybridized carbons (Fsp3) is 0.455. The van der Waals surface area contributed by atoms with Crippen LogP contribution in [0.3, 0.4) is 0 Å². The molecule has 0 spiro atoms. The molecular weight excluding hydrogens is 302 g/mol. The van der Waals surface area contributed by atoms with E-state index in [0.717, 1.165) is 0 Å². The van der Waals surface area contributed by atoms with Crippen molar-refractivity contribution in [1.29, 1.82) is 0 Å². The van der Waals surface area contributed by atoms with Crippen molar-refractivity contribution in [3.63, 3.8) is 0 Å². The van der Waals surface area contributed by atoms with Gasteiger partial charge in [-0.2, -0.15) is 13.2 Å². The van der Waals surface area contributed by atoms with E-state index in [9.17, 15) is 17.6 Å². The maximum atomic E-state index is 12.9. The Balaban J connectivity index is 2.01. The summed E-state index contributed by atoms with van der Waals surface area (Å²) in [5, 5.41) is 2.50. The normalized spacial score (nSPS) is 18.2. The van der Waals surface area contributed by atoms with Gasteiger partial charge < -0.3 is 0 Å². The van der Waals surface area contributed by atoms with Gasteiger partial charge in [-0.05, 0) is 46.5 Å². The van der Waals surface area contributed by atoms with Crippen LogP contribution in [0.25, 0.3) is 0 Å². The SMILES string of the molecule is Fc1ccc(CNC2(C(F)(F)F)CC2)cc1Br. The third-order valence-corrected chi connectivity index (χ3v) is 3.52. The first-order chi connectivity index (χ1) is 7.84. The minimum atomic E-state index is -4.22.